The number of aliphatic imine (C=N–C) groups is 1. The van der Waals surface area contributed by atoms with Crippen LogP contribution in [0.3, 0.4) is 0 Å². The number of nitrogens with two attached hydrogens (primary N) is 3. The molecule has 0 radical (unpaired) electrons. The third kappa shape index (κ3) is 19.6. The van der Waals surface area contributed by atoms with Crippen molar-refractivity contribution in [3.05, 3.63) is 0 Å². The summed E-state index contributed by atoms with van der Waals surface area (Å²) in [6.45, 7) is 6.81. The van der Waals surface area contributed by atoms with Gasteiger partial charge in [-0.1, -0.05) is 27.7 Å². The van der Waals surface area contributed by atoms with Gasteiger partial charge < -0.3 is 69.5 Å². The van der Waals surface area contributed by atoms with Crippen LogP contribution in [0.15, 0.2) is 4.99 Å². The van der Waals surface area contributed by atoms with Gasteiger partial charge in [-0.2, -0.15) is 0 Å². The second-order valence-corrected chi connectivity index (χ2v) is 15.0. The van der Waals surface area contributed by atoms with Gasteiger partial charge in [0, 0.05) is 19.5 Å². The molecule has 60 heavy (non-hydrogen) atoms. The normalized spacial score (nSPS) is 15.9. The highest BCUT2D eigenvalue weighted by atomic mass is 16.4. The number of nitrogens with one attached hydrogen (secondary N) is 7. The highest BCUT2D eigenvalue weighted by molar-refractivity contribution is 5.97. The van der Waals surface area contributed by atoms with Gasteiger partial charge in [0.15, 0.2) is 5.96 Å². The molecule has 0 spiro atoms. The quantitative estimate of drug-likeness (QED) is 0.0221. The van der Waals surface area contributed by atoms with Crippen LogP contribution in [0.25, 0.3) is 0 Å². The fraction of sp³-hybridized carbons (Fsp3) is 0.694. The standard InChI is InChI=1S/C36H62N12O12/c1-18(2)14-23(47-35(60)29(37)19(3)4)33(58)45-21(8-6-12-40-36(38)39)32(57)46-22(10-11-27(51)52)31(56)43-16-26(50)48-13-7-9-24(48)34(59)44-20(5)30(55)42-15-25(49)41-17-28(53)54/h18-24,29H,6-17,37H2,1-5H3,(H,41,49)(H,42,55)(H,43,56)(H,44,59)(H,45,58)(H,46,57)(H,47,60)(H,51,52)(H,53,54)(H4,38,39,40)/t20-,21-,22-,23-,24-,29-/m0/s1. The molecule has 8 amide bonds. The molecule has 0 aromatic rings. The van der Waals surface area contributed by atoms with Crippen molar-refractivity contribution in [1.29, 1.82) is 0 Å². The maximum absolute atomic E-state index is 13.7. The Balaban J connectivity index is 3.09. The number of carbonyl (C=O) groups is 10. The number of rotatable bonds is 26. The van der Waals surface area contributed by atoms with Crippen LogP contribution >= 0.6 is 0 Å². The molecule has 1 heterocycles. The first kappa shape index (κ1) is 51.9. The molecular weight excluding hydrogens is 792 g/mol. The van der Waals surface area contributed by atoms with Gasteiger partial charge in [-0.3, -0.25) is 52.9 Å². The number of likely N-dealkylation sites (tertiary alicyclic amines) is 1. The minimum absolute atomic E-state index is 0.0468. The van der Waals surface area contributed by atoms with Crippen molar-refractivity contribution in [2.24, 2.45) is 34.0 Å². The predicted molar refractivity (Wildman–Crippen MR) is 214 cm³/mol. The van der Waals surface area contributed by atoms with Crippen LogP contribution in [-0.4, -0.2) is 149 Å². The van der Waals surface area contributed by atoms with Crippen molar-refractivity contribution in [3.63, 3.8) is 0 Å². The molecular formula is C36H62N12O12. The Morgan fingerprint density at radius 1 is 0.700 bits per heavy atom. The molecule has 1 fully saturated rings. The SMILES string of the molecule is CC(C)C[C@H](NC(=O)[C@@H](N)C(C)C)C(=O)N[C@@H](CCCN=C(N)N)C(=O)N[C@@H](CCC(=O)O)C(=O)NCC(=O)N1CCC[C@H]1C(=O)N[C@@H](C)C(=O)NCC(=O)NCC(=O)O. The number of amides is 8. The van der Waals surface area contributed by atoms with Gasteiger partial charge >= 0.3 is 11.9 Å². The molecule has 6 atom stereocenters. The van der Waals surface area contributed by atoms with E-state index in [9.17, 15) is 53.1 Å². The lowest BCUT2D eigenvalue weighted by Crippen LogP contribution is -2.58. The van der Waals surface area contributed by atoms with E-state index in [2.05, 4.69) is 42.2 Å². The fourth-order valence-electron chi connectivity index (χ4n) is 5.78. The summed E-state index contributed by atoms with van der Waals surface area (Å²) in [6.07, 6.45) is -0.0394. The van der Waals surface area contributed by atoms with Crippen molar-refractivity contribution in [2.75, 3.05) is 32.7 Å². The highest BCUT2D eigenvalue weighted by Gasteiger charge is 2.36. The fourth-order valence-corrected chi connectivity index (χ4v) is 5.78. The third-order valence-electron chi connectivity index (χ3n) is 9.12. The zero-order chi connectivity index (χ0) is 45.7. The second-order valence-electron chi connectivity index (χ2n) is 15.0. The molecule has 0 unspecified atom stereocenters. The maximum atomic E-state index is 13.7. The molecule has 0 aromatic carbocycles. The number of carbonyl (C=O) groups excluding carboxylic acids is 8. The van der Waals surface area contributed by atoms with E-state index in [-0.39, 0.29) is 56.6 Å². The van der Waals surface area contributed by atoms with E-state index in [1.165, 1.54) is 11.8 Å². The van der Waals surface area contributed by atoms with E-state index in [4.69, 9.17) is 22.3 Å². The van der Waals surface area contributed by atoms with E-state index < -0.39 is 128 Å². The average molecular weight is 855 g/mol. The Kier molecular flexibility index (Phi) is 22.6. The van der Waals surface area contributed by atoms with Crippen LogP contribution < -0.4 is 54.4 Å². The Morgan fingerprint density at radius 2 is 1.28 bits per heavy atom. The average Bonchev–Trinajstić information content (AvgIpc) is 3.67. The monoisotopic (exact) mass is 854 g/mol. The van der Waals surface area contributed by atoms with E-state index in [1.807, 2.05) is 13.8 Å². The smallest absolute Gasteiger partial charge is 0.322 e. The first-order chi connectivity index (χ1) is 28.0. The van der Waals surface area contributed by atoms with Gasteiger partial charge in [0.2, 0.25) is 47.3 Å². The van der Waals surface area contributed by atoms with Gasteiger partial charge in [0.25, 0.3) is 0 Å². The summed E-state index contributed by atoms with van der Waals surface area (Å²) in [5, 5.41) is 34.9. The minimum atomic E-state index is -1.50. The second kappa shape index (κ2) is 26.1. The van der Waals surface area contributed by atoms with Gasteiger partial charge in [-0.05, 0) is 57.3 Å². The molecule has 24 heteroatoms. The van der Waals surface area contributed by atoms with Crippen molar-refractivity contribution in [2.45, 2.75) is 116 Å². The third-order valence-corrected chi connectivity index (χ3v) is 9.12. The summed E-state index contributed by atoms with van der Waals surface area (Å²) in [7, 11) is 0. The van der Waals surface area contributed by atoms with E-state index in [0.717, 1.165) is 0 Å². The first-order valence-corrected chi connectivity index (χ1v) is 19.6. The Hall–Kier alpha value is -6.07. The lowest BCUT2D eigenvalue weighted by Gasteiger charge is -2.27. The molecule has 1 saturated heterocycles. The number of nitrogens with zero attached hydrogens (tertiary/aromatic N) is 2. The molecule has 0 bridgehead atoms. The predicted octanol–water partition coefficient (Wildman–Crippen LogP) is -4.68. The topological polar surface area (TPSA) is 389 Å². The van der Waals surface area contributed by atoms with Crippen molar-refractivity contribution in [1.82, 2.24) is 42.1 Å². The van der Waals surface area contributed by atoms with Crippen molar-refractivity contribution in [3.8, 4) is 0 Å². The Labute approximate surface area is 347 Å². The number of guanidine groups is 1. The summed E-state index contributed by atoms with van der Waals surface area (Å²) < 4.78 is 0. The highest BCUT2D eigenvalue weighted by Crippen LogP contribution is 2.18. The van der Waals surface area contributed by atoms with Crippen molar-refractivity contribution >= 4 is 65.2 Å². The largest absolute Gasteiger partial charge is 0.481 e. The maximum Gasteiger partial charge on any atom is 0.322 e. The van der Waals surface area contributed by atoms with Crippen LogP contribution in [0.5, 0.6) is 0 Å². The molecule has 1 rings (SSSR count). The molecule has 338 valence electrons. The number of aliphatic carboxylic acids is 2. The summed E-state index contributed by atoms with van der Waals surface area (Å²) in [5.41, 5.74) is 16.8. The molecule has 0 aromatic heterocycles. The Bertz CT molecular complexity index is 1590. The van der Waals surface area contributed by atoms with Crippen LogP contribution in [0.4, 0.5) is 0 Å². The molecule has 0 aliphatic carbocycles. The minimum Gasteiger partial charge on any atom is -0.481 e. The number of hydrogen-bond acceptors (Lipinski definition) is 12. The van der Waals surface area contributed by atoms with Gasteiger partial charge in [-0.15, -0.1) is 0 Å². The number of carboxylic acid groups (broad SMARTS) is 2. The molecule has 0 saturated carbocycles. The van der Waals surface area contributed by atoms with E-state index >= 15 is 0 Å². The zero-order valence-corrected chi connectivity index (χ0v) is 34.7. The lowest BCUT2D eigenvalue weighted by molar-refractivity contribution is -0.140. The molecule has 1 aliphatic heterocycles. The van der Waals surface area contributed by atoms with E-state index in [0.29, 0.717) is 6.42 Å². The Morgan fingerprint density at radius 3 is 1.85 bits per heavy atom. The lowest BCUT2D eigenvalue weighted by atomic mass is 10.00. The van der Waals surface area contributed by atoms with Gasteiger partial charge in [0.1, 0.15) is 36.8 Å². The summed E-state index contributed by atoms with van der Waals surface area (Å²) in [6, 6.07) is -7.00. The summed E-state index contributed by atoms with van der Waals surface area (Å²) >= 11 is 0. The van der Waals surface area contributed by atoms with Gasteiger partial charge in [0.05, 0.1) is 19.1 Å². The zero-order valence-electron chi connectivity index (χ0n) is 34.7. The van der Waals surface area contributed by atoms with Crippen LogP contribution in [0.2, 0.25) is 0 Å². The number of hydrogen-bond donors (Lipinski definition) is 12. The summed E-state index contributed by atoms with van der Waals surface area (Å²) in [5.74, 6) is -9.10. The van der Waals surface area contributed by atoms with Crippen LogP contribution in [0.1, 0.15) is 79.6 Å². The molecule has 24 nitrogen and oxygen atoms in total. The first-order valence-electron chi connectivity index (χ1n) is 19.6. The number of carboxylic acids is 2. The van der Waals surface area contributed by atoms with Crippen molar-refractivity contribution < 1.29 is 58.2 Å². The van der Waals surface area contributed by atoms with Crippen LogP contribution in [-0.2, 0) is 47.9 Å². The molecule has 15 N–H and O–H groups in total. The van der Waals surface area contributed by atoms with Crippen LogP contribution in [0, 0.1) is 11.8 Å². The molecule has 1 aliphatic rings. The van der Waals surface area contributed by atoms with Gasteiger partial charge in [-0.25, -0.2) is 0 Å². The summed E-state index contributed by atoms with van der Waals surface area (Å²) in [4.78, 5) is 131. The van der Waals surface area contributed by atoms with E-state index in [1.54, 1.807) is 13.8 Å².